The van der Waals surface area contributed by atoms with Gasteiger partial charge in [-0.05, 0) is 49.3 Å². The maximum absolute atomic E-state index is 3.69. The van der Waals surface area contributed by atoms with E-state index in [1.807, 2.05) is 0 Å². The molecule has 1 saturated carbocycles. The number of anilines is 1. The lowest BCUT2D eigenvalue weighted by molar-refractivity contribution is 0.358. The molecule has 1 aliphatic rings. The van der Waals surface area contributed by atoms with Crippen LogP contribution in [0.2, 0.25) is 0 Å². The highest BCUT2D eigenvalue weighted by atomic mass is 14.9. The minimum absolute atomic E-state index is 0.690. The van der Waals surface area contributed by atoms with Gasteiger partial charge in [0.2, 0.25) is 0 Å². The summed E-state index contributed by atoms with van der Waals surface area (Å²) in [5.41, 5.74) is 2.77. The second kappa shape index (κ2) is 6.82. The van der Waals surface area contributed by atoms with E-state index in [0.717, 1.165) is 5.92 Å². The molecule has 100 valence electrons. The molecule has 0 spiro atoms. The Balaban J connectivity index is 1.85. The van der Waals surface area contributed by atoms with Gasteiger partial charge in [-0.2, -0.15) is 0 Å². The molecule has 0 amide bonds. The van der Waals surface area contributed by atoms with Crippen LogP contribution in [0.25, 0.3) is 0 Å². The number of unbranched alkanes of at least 4 members (excludes halogenated alkanes) is 1. The van der Waals surface area contributed by atoms with Crippen LogP contribution in [0.15, 0.2) is 24.3 Å². The SMILES string of the molecule is CCCCc1ccc(NC2CCCC(C)C2)cc1. The van der Waals surface area contributed by atoms with Crippen molar-refractivity contribution in [1.82, 2.24) is 0 Å². The van der Waals surface area contributed by atoms with Crippen LogP contribution in [0.4, 0.5) is 5.69 Å². The lowest BCUT2D eigenvalue weighted by atomic mass is 9.87. The normalized spacial score (nSPS) is 23.9. The molecule has 1 nitrogen and oxygen atoms in total. The summed E-state index contributed by atoms with van der Waals surface area (Å²) in [5, 5.41) is 3.69. The van der Waals surface area contributed by atoms with Crippen molar-refractivity contribution < 1.29 is 0 Å². The Kier molecular flexibility index (Phi) is 5.10. The summed E-state index contributed by atoms with van der Waals surface area (Å²) in [6.07, 6.45) is 9.26. The summed E-state index contributed by atoms with van der Waals surface area (Å²) >= 11 is 0. The van der Waals surface area contributed by atoms with E-state index in [9.17, 15) is 0 Å². The van der Waals surface area contributed by atoms with Crippen LogP contribution in [0.1, 0.15) is 57.9 Å². The molecule has 0 aliphatic heterocycles. The maximum atomic E-state index is 3.69. The summed E-state index contributed by atoms with van der Waals surface area (Å²) in [4.78, 5) is 0. The van der Waals surface area contributed by atoms with Crippen molar-refractivity contribution >= 4 is 5.69 Å². The average Bonchev–Trinajstić information content (AvgIpc) is 2.38. The molecule has 2 unspecified atom stereocenters. The summed E-state index contributed by atoms with van der Waals surface area (Å²) in [6, 6.07) is 9.76. The third kappa shape index (κ3) is 4.04. The number of aryl methyl sites for hydroxylation is 1. The molecule has 0 aromatic heterocycles. The maximum Gasteiger partial charge on any atom is 0.0342 e. The van der Waals surface area contributed by atoms with Crippen molar-refractivity contribution in [3.63, 3.8) is 0 Å². The van der Waals surface area contributed by atoms with Gasteiger partial charge in [0.1, 0.15) is 0 Å². The highest BCUT2D eigenvalue weighted by molar-refractivity contribution is 5.45. The third-order valence-corrected chi connectivity index (χ3v) is 4.08. The van der Waals surface area contributed by atoms with Crippen LogP contribution in [-0.2, 0) is 6.42 Å². The van der Waals surface area contributed by atoms with Crippen molar-refractivity contribution in [2.75, 3.05) is 5.32 Å². The molecule has 0 heterocycles. The first-order valence-corrected chi connectivity index (χ1v) is 7.63. The zero-order valence-electron chi connectivity index (χ0n) is 11.9. The molecule has 1 heteroatoms. The van der Waals surface area contributed by atoms with Gasteiger partial charge in [-0.15, -0.1) is 0 Å². The van der Waals surface area contributed by atoms with E-state index in [0.29, 0.717) is 6.04 Å². The smallest absolute Gasteiger partial charge is 0.0342 e. The fraction of sp³-hybridized carbons (Fsp3) is 0.647. The lowest BCUT2D eigenvalue weighted by Gasteiger charge is -2.28. The van der Waals surface area contributed by atoms with Gasteiger partial charge in [0.05, 0.1) is 0 Å². The Hall–Kier alpha value is -0.980. The predicted molar refractivity (Wildman–Crippen MR) is 80.1 cm³/mol. The monoisotopic (exact) mass is 245 g/mol. The molecule has 0 radical (unpaired) electrons. The predicted octanol–water partition coefficient (Wildman–Crippen LogP) is 5.02. The molecular formula is C17H27N. The van der Waals surface area contributed by atoms with Crippen LogP contribution in [-0.4, -0.2) is 6.04 Å². The Morgan fingerprint density at radius 2 is 1.94 bits per heavy atom. The minimum Gasteiger partial charge on any atom is -0.382 e. The standard InChI is InChI=1S/C17H27N/c1-3-4-7-15-9-11-16(12-10-15)18-17-8-5-6-14(2)13-17/h9-12,14,17-18H,3-8,13H2,1-2H3. The summed E-state index contributed by atoms with van der Waals surface area (Å²) < 4.78 is 0. The van der Waals surface area contributed by atoms with Gasteiger partial charge in [-0.3, -0.25) is 0 Å². The molecule has 0 bridgehead atoms. The van der Waals surface area contributed by atoms with E-state index in [2.05, 4.69) is 43.4 Å². The van der Waals surface area contributed by atoms with Crippen molar-refractivity contribution in [2.24, 2.45) is 5.92 Å². The Morgan fingerprint density at radius 1 is 1.17 bits per heavy atom. The third-order valence-electron chi connectivity index (χ3n) is 4.08. The Labute approximate surface area is 112 Å². The van der Waals surface area contributed by atoms with E-state index in [1.54, 1.807) is 0 Å². The largest absolute Gasteiger partial charge is 0.382 e. The molecule has 1 N–H and O–H groups in total. The van der Waals surface area contributed by atoms with Crippen molar-refractivity contribution in [3.8, 4) is 0 Å². The van der Waals surface area contributed by atoms with Crippen molar-refractivity contribution in [2.45, 2.75) is 64.8 Å². The molecule has 2 atom stereocenters. The fourth-order valence-corrected chi connectivity index (χ4v) is 2.95. The van der Waals surface area contributed by atoms with Crippen molar-refractivity contribution in [3.05, 3.63) is 29.8 Å². The molecule has 0 saturated heterocycles. The van der Waals surface area contributed by atoms with Crippen LogP contribution < -0.4 is 5.32 Å². The number of rotatable bonds is 5. The first-order chi connectivity index (χ1) is 8.78. The van der Waals surface area contributed by atoms with Gasteiger partial charge in [-0.1, -0.05) is 45.2 Å². The van der Waals surface area contributed by atoms with E-state index in [4.69, 9.17) is 0 Å². The van der Waals surface area contributed by atoms with E-state index in [1.165, 1.54) is 56.2 Å². The highest BCUT2D eigenvalue weighted by Gasteiger charge is 2.18. The van der Waals surface area contributed by atoms with E-state index >= 15 is 0 Å². The van der Waals surface area contributed by atoms with Gasteiger partial charge in [-0.25, -0.2) is 0 Å². The molecule has 2 rings (SSSR count). The molecule has 1 aromatic rings. The second-order valence-electron chi connectivity index (χ2n) is 5.91. The zero-order valence-corrected chi connectivity index (χ0v) is 11.9. The van der Waals surface area contributed by atoms with E-state index in [-0.39, 0.29) is 0 Å². The quantitative estimate of drug-likeness (QED) is 0.768. The molecule has 1 aromatic carbocycles. The first-order valence-electron chi connectivity index (χ1n) is 7.63. The number of nitrogens with one attached hydrogen (secondary N) is 1. The first kappa shape index (κ1) is 13.5. The van der Waals surface area contributed by atoms with Gasteiger partial charge in [0.15, 0.2) is 0 Å². The number of hydrogen-bond acceptors (Lipinski definition) is 1. The van der Waals surface area contributed by atoms with Crippen molar-refractivity contribution in [1.29, 1.82) is 0 Å². The minimum atomic E-state index is 0.690. The van der Waals surface area contributed by atoms with Crippen LogP contribution in [0.5, 0.6) is 0 Å². The highest BCUT2D eigenvalue weighted by Crippen LogP contribution is 2.26. The van der Waals surface area contributed by atoms with E-state index < -0.39 is 0 Å². The summed E-state index contributed by atoms with van der Waals surface area (Å²) in [5.74, 6) is 0.889. The average molecular weight is 245 g/mol. The second-order valence-corrected chi connectivity index (χ2v) is 5.91. The Bertz CT molecular complexity index is 341. The van der Waals surface area contributed by atoms with Gasteiger partial charge in [0.25, 0.3) is 0 Å². The summed E-state index contributed by atoms with van der Waals surface area (Å²) in [7, 11) is 0. The molecule has 1 aliphatic carbocycles. The fourth-order valence-electron chi connectivity index (χ4n) is 2.95. The van der Waals surface area contributed by atoms with Gasteiger partial charge < -0.3 is 5.32 Å². The lowest BCUT2D eigenvalue weighted by Crippen LogP contribution is -2.26. The van der Waals surface area contributed by atoms with Crippen LogP contribution in [0.3, 0.4) is 0 Å². The molecule has 18 heavy (non-hydrogen) atoms. The number of hydrogen-bond donors (Lipinski definition) is 1. The molecule has 1 fully saturated rings. The zero-order chi connectivity index (χ0) is 12.8. The molecular weight excluding hydrogens is 218 g/mol. The van der Waals surface area contributed by atoms with Crippen LogP contribution >= 0.6 is 0 Å². The topological polar surface area (TPSA) is 12.0 Å². The Morgan fingerprint density at radius 3 is 2.61 bits per heavy atom. The van der Waals surface area contributed by atoms with Gasteiger partial charge >= 0.3 is 0 Å². The van der Waals surface area contributed by atoms with Gasteiger partial charge in [0, 0.05) is 11.7 Å². The van der Waals surface area contributed by atoms with Crippen LogP contribution in [0, 0.1) is 5.92 Å². The number of benzene rings is 1. The summed E-state index contributed by atoms with van der Waals surface area (Å²) in [6.45, 7) is 4.63.